The third kappa shape index (κ3) is 5.01. The molecule has 1 fully saturated rings. The number of carbonyl (C=O) groups is 1. The third-order valence-corrected chi connectivity index (χ3v) is 6.57. The van der Waals surface area contributed by atoms with Crippen LogP contribution in [0.3, 0.4) is 0 Å². The molecule has 0 unspecified atom stereocenters. The van der Waals surface area contributed by atoms with E-state index in [1.165, 1.54) is 0 Å². The zero-order valence-corrected chi connectivity index (χ0v) is 17.0. The number of nitrogens with one attached hydrogen (secondary N) is 1. The maximum absolute atomic E-state index is 11.2. The molecule has 0 radical (unpaired) electrons. The second kappa shape index (κ2) is 8.00. The van der Waals surface area contributed by atoms with Gasteiger partial charge in [0, 0.05) is 11.5 Å². The maximum Gasteiger partial charge on any atom is 0.306 e. The van der Waals surface area contributed by atoms with Crippen LogP contribution in [0.2, 0.25) is 0 Å². The van der Waals surface area contributed by atoms with E-state index in [-0.39, 0.29) is 17.4 Å². The SMILES string of the molecule is CC(C)(C)c1cnc(CSc2cnc(N[C@H]3CCC[C@@H](C(=O)O)C3)s2)o1. The van der Waals surface area contributed by atoms with Gasteiger partial charge in [0.05, 0.1) is 28.3 Å². The van der Waals surface area contributed by atoms with Crippen LogP contribution < -0.4 is 5.32 Å². The number of carboxylic acids is 1. The fraction of sp³-hybridized carbons (Fsp3) is 0.611. The normalized spacial score (nSPS) is 20.9. The van der Waals surface area contributed by atoms with Crippen LogP contribution in [0.25, 0.3) is 0 Å². The summed E-state index contributed by atoms with van der Waals surface area (Å²) >= 11 is 3.24. The minimum atomic E-state index is -0.688. The summed E-state index contributed by atoms with van der Waals surface area (Å²) in [5, 5.41) is 13.5. The van der Waals surface area contributed by atoms with Gasteiger partial charge in [0.15, 0.2) is 5.13 Å². The Morgan fingerprint density at radius 2 is 2.19 bits per heavy atom. The van der Waals surface area contributed by atoms with E-state index in [2.05, 4.69) is 36.1 Å². The molecule has 0 aliphatic heterocycles. The van der Waals surface area contributed by atoms with Crippen molar-refractivity contribution in [3.8, 4) is 0 Å². The van der Waals surface area contributed by atoms with E-state index < -0.39 is 5.97 Å². The zero-order valence-electron chi connectivity index (χ0n) is 15.3. The highest BCUT2D eigenvalue weighted by Crippen LogP contribution is 2.33. The largest absolute Gasteiger partial charge is 0.481 e. The molecule has 1 saturated carbocycles. The molecule has 2 aromatic rings. The number of hydrogen-bond acceptors (Lipinski definition) is 7. The fourth-order valence-electron chi connectivity index (χ4n) is 2.97. The molecule has 3 rings (SSSR count). The maximum atomic E-state index is 11.2. The van der Waals surface area contributed by atoms with Gasteiger partial charge in [0.25, 0.3) is 0 Å². The van der Waals surface area contributed by atoms with E-state index >= 15 is 0 Å². The molecule has 0 amide bonds. The second-order valence-corrected chi connectivity index (χ2v) is 9.99. The number of rotatable bonds is 6. The van der Waals surface area contributed by atoms with E-state index in [9.17, 15) is 9.90 Å². The van der Waals surface area contributed by atoms with Crippen molar-refractivity contribution < 1.29 is 14.3 Å². The molecule has 2 atom stereocenters. The van der Waals surface area contributed by atoms with Crippen LogP contribution in [0, 0.1) is 5.92 Å². The van der Waals surface area contributed by atoms with Gasteiger partial charge in [0.1, 0.15) is 5.76 Å². The molecule has 0 spiro atoms. The molecule has 1 aliphatic carbocycles. The molecular weight excluding hydrogens is 370 g/mol. The Kier molecular flexibility index (Phi) is 5.92. The van der Waals surface area contributed by atoms with Gasteiger partial charge in [-0.2, -0.15) is 0 Å². The molecule has 2 heterocycles. The first-order valence-electron chi connectivity index (χ1n) is 8.84. The number of thioether (sulfide) groups is 1. The van der Waals surface area contributed by atoms with Crippen LogP contribution in [0.1, 0.15) is 58.1 Å². The Bertz CT molecular complexity index is 751. The summed E-state index contributed by atoms with van der Waals surface area (Å²) in [6.07, 6.45) is 7.04. The monoisotopic (exact) mass is 395 g/mol. The lowest BCUT2D eigenvalue weighted by Crippen LogP contribution is -2.30. The van der Waals surface area contributed by atoms with Crippen LogP contribution in [0.4, 0.5) is 5.13 Å². The van der Waals surface area contributed by atoms with E-state index in [1.54, 1.807) is 29.3 Å². The Balaban J connectivity index is 1.52. The van der Waals surface area contributed by atoms with Crippen LogP contribution in [0.15, 0.2) is 21.0 Å². The number of oxazole rings is 1. The van der Waals surface area contributed by atoms with Crippen molar-refractivity contribution in [3.05, 3.63) is 24.0 Å². The molecule has 0 aromatic carbocycles. The van der Waals surface area contributed by atoms with Crippen molar-refractivity contribution in [2.45, 2.75) is 67.9 Å². The van der Waals surface area contributed by atoms with Crippen molar-refractivity contribution >= 4 is 34.2 Å². The van der Waals surface area contributed by atoms with Crippen molar-refractivity contribution in [2.75, 3.05) is 5.32 Å². The van der Waals surface area contributed by atoms with Crippen molar-refractivity contribution in [2.24, 2.45) is 5.92 Å². The van der Waals surface area contributed by atoms with Crippen molar-refractivity contribution in [1.29, 1.82) is 0 Å². The number of anilines is 1. The molecular formula is C18H25N3O3S2. The summed E-state index contributed by atoms with van der Waals surface area (Å²) in [5.74, 6) is 1.36. The van der Waals surface area contributed by atoms with Gasteiger partial charge < -0.3 is 14.8 Å². The zero-order chi connectivity index (χ0) is 18.7. The summed E-state index contributed by atoms with van der Waals surface area (Å²) in [5.41, 5.74) is -0.0364. The average Bonchev–Trinajstić information content (AvgIpc) is 3.22. The number of carboxylic acid groups (broad SMARTS) is 1. The first-order chi connectivity index (χ1) is 12.3. The molecule has 8 heteroatoms. The third-order valence-electron chi connectivity index (χ3n) is 4.47. The topological polar surface area (TPSA) is 88.2 Å². The van der Waals surface area contributed by atoms with Crippen LogP contribution in [-0.4, -0.2) is 27.1 Å². The number of nitrogens with zero attached hydrogens (tertiary/aromatic N) is 2. The molecule has 142 valence electrons. The van der Waals surface area contributed by atoms with Gasteiger partial charge in [-0.1, -0.05) is 38.5 Å². The van der Waals surface area contributed by atoms with E-state index in [4.69, 9.17) is 4.42 Å². The van der Waals surface area contributed by atoms with Gasteiger partial charge in [0.2, 0.25) is 5.89 Å². The Morgan fingerprint density at radius 3 is 2.88 bits per heavy atom. The lowest BCUT2D eigenvalue weighted by atomic mass is 9.86. The Labute approximate surface area is 161 Å². The number of aromatic nitrogens is 2. The Hall–Kier alpha value is -1.54. The molecule has 0 saturated heterocycles. The molecule has 2 aromatic heterocycles. The standard InChI is InChI=1S/C18H25N3O3S2/c1-18(2,3)13-8-19-14(24-13)10-25-15-9-20-17(26-15)21-12-6-4-5-11(7-12)16(22)23/h8-9,11-12H,4-7,10H2,1-3H3,(H,20,21)(H,22,23)/t11-,12+/m1/s1. The summed E-state index contributed by atoms with van der Waals surface area (Å²) in [4.78, 5) is 20.0. The summed E-state index contributed by atoms with van der Waals surface area (Å²) in [7, 11) is 0. The smallest absolute Gasteiger partial charge is 0.306 e. The van der Waals surface area contributed by atoms with Crippen molar-refractivity contribution in [1.82, 2.24) is 9.97 Å². The quantitative estimate of drug-likeness (QED) is 0.681. The van der Waals surface area contributed by atoms with Gasteiger partial charge in [-0.25, -0.2) is 9.97 Å². The molecule has 2 N–H and O–H groups in total. The highest BCUT2D eigenvalue weighted by atomic mass is 32.2. The first-order valence-corrected chi connectivity index (χ1v) is 10.6. The summed E-state index contributed by atoms with van der Waals surface area (Å²) in [6, 6.07) is 0.190. The van der Waals surface area contributed by atoms with Gasteiger partial charge in [-0.15, -0.1) is 11.8 Å². The van der Waals surface area contributed by atoms with Gasteiger partial charge >= 0.3 is 5.97 Å². The minimum Gasteiger partial charge on any atom is -0.481 e. The van der Waals surface area contributed by atoms with Crippen LogP contribution >= 0.6 is 23.1 Å². The van der Waals surface area contributed by atoms with Gasteiger partial charge in [-0.3, -0.25) is 4.79 Å². The number of thiazole rings is 1. The lowest BCUT2D eigenvalue weighted by Gasteiger charge is -2.27. The Morgan fingerprint density at radius 1 is 1.38 bits per heavy atom. The van der Waals surface area contributed by atoms with Crippen LogP contribution in [-0.2, 0) is 16.0 Å². The highest BCUT2D eigenvalue weighted by Gasteiger charge is 2.27. The predicted molar refractivity (Wildman–Crippen MR) is 104 cm³/mol. The molecule has 1 aliphatic rings. The average molecular weight is 396 g/mol. The second-order valence-electron chi connectivity index (χ2n) is 7.68. The molecule has 6 nitrogen and oxygen atoms in total. The first kappa shape index (κ1) is 19.2. The predicted octanol–water partition coefficient (Wildman–Crippen LogP) is 4.78. The molecule has 0 bridgehead atoms. The van der Waals surface area contributed by atoms with E-state index in [1.807, 2.05) is 6.20 Å². The summed E-state index contributed by atoms with van der Waals surface area (Å²) in [6.45, 7) is 6.31. The number of aliphatic carboxylic acids is 1. The van der Waals surface area contributed by atoms with E-state index in [0.29, 0.717) is 12.2 Å². The summed E-state index contributed by atoms with van der Waals surface area (Å²) < 4.78 is 6.90. The number of hydrogen-bond donors (Lipinski definition) is 2. The van der Waals surface area contributed by atoms with Crippen molar-refractivity contribution in [3.63, 3.8) is 0 Å². The highest BCUT2D eigenvalue weighted by molar-refractivity contribution is 8.00. The fourth-order valence-corrected chi connectivity index (χ4v) is 4.77. The minimum absolute atomic E-state index is 0.0364. The lowest BCUT2D eigenvalue weighted by molar-refractivity contribution is -0.142. The molecule has 26 heavy (non-hydrogen) atoms. The van der Waals surface area contributed by atoms with Crippen LogP contribution in [0.5, 0.6) is 0 Å². The van der Waals surface area contributed by atoms with Gasteiger partial charge in [-0.05, 0) is 19.3 Å². The van der Waals surface area contributed by atoms with E-state index in [0.717, 1.165) is 40.3 Å².